The van der Waals surface area contributed by atoms with Gasteiger partial charge < -0.3 is 5.32 Å². The van der Waals surface area contributed by atoms with Crippen molar-refractivity contribution in [2.24, 2.45) is 0 Å². The third-order valence-electron chi connectivity index (χ3n) is 2.30. The van der Waals surface area contributed by atoms with E-state index in [9.17, 15) is 5.26 Å². The van der Waals surface area contributed by atoms with E-state index in [1.54, 1.807) is 18.6 Å². The molecule has 0 saturated carbocycles. The van der Waals surface area contributed by atoms with Crippen LogP contribution in [0.25, 0.3) is 5.57 Å². The average molecular weight is 245 g/mol. The molecule has 0 radical (unpaired) electrons. The molecule has 17 heavy (non-hydrogen) atoms. The summed E-state index contributed by atoms with van der Waals surface area (Å²) < 4.78 is 0. The molecule has 1 aliphatic rings. The molecule has 0 aliphatic carbocycles. The number of aryl methyl sites for hydroxylation is 1. The molecule has 0 fully saturated rings. The molecular formula is C12H9ClN4. The van der Waals surface area contributed by atoms with Gasteiger partial charge in [-0.2, -0.15) is 5.26 Å². The predicted molar refractivity (Wildman–Crippen MR) is 65.7 cm³/mol. The van der Waals surface area contributed by atoms with Crippen molar-refractivity contribution in [1.82, 2.24) is 15.3 Å². The normalized spacial score (nSPS) is 13.1. The molecule has 2 rings (SSSR count). The Balaban J connectivity index is 2.61. The summed E-state index contributed by atoms with van der Waals surface area (Å²) in [6, 6.07) is 2.16. The van der Waals surface area contributed by atoms with Gasteiger partial charge in [-0.05, 0) is 41.8 Å². The maximum atomic E-state index is 9.25. The molecule has 1 aromatic heterocycles. The van der Waals surface area contributed by atoms with E-state index in [1.807, 2.05) is 19.1 Å². The van der Waals surface area contributed by atoms with Crippen molar-refractivity contribution < 1.29 is 0 Å². The Bertz CT molecular complexity index is 565. The van der Waals surface area contributed by atoms with Crippen LogP contribution in [0.5, 0.6) is 0 Å². The van der Waals surface area contributed by atoms with E-state index in [-0.39, 0.29) is 5.28 Å². The topological polar surface area (TPSA) is 61.6 Å². The third kappa shape index (κ3) is 2.35. The summed E-state index contributed by atoms with van der Waals surface area (Å²) in [6.07, 6.45) is 8.74. The SMILES string of the molecule is Cc1cnc(Cl)nc1C(C#N)=C1C=CNC=C1. The van der Waals surface area contributed by atoms with Gasteiger partial charge in [-0.3, -0.25) is 0 Å². The van der Waals surface area contributed by atoms with Crippen molar-refractivity contribution in [1.29, 1.82) is 5.26 Å². The number of dihydropyridines is 1. The highest BCUT2D eigenvalue weighted by Gasteiger charge is 2.12. The van der Waals surface area contributed by atoms with Crippen LogP contribution in [0, 0.1) is 18.3 Å². The molecule has 0 bridgehead atoms. The lowest BCUT2D eigenvalue weighted by Crippen LogP contribution is -2.01. The third-order valence-corrected chi connectivity index (χ3v) is 2.48. The maximum Gasteiger partial charge on any atom is 0.222 e. The molecular weight excluding hydrogens is 236 g/mol. The number of allylic oxidation sites excluding steroid dienone is 4. The van der Waals surface area contributed by atoms with Gasteiger partial charge >= 0.3 is 0 Å². The zero-order valence-electron chi connectivity index (χ0n) is 9.11. The van der Waals surface area contributed by atoms with Crippen molar-refractivity contribution in [3.8, 4) is 6.07 Å². The fraction of sp³-hybridized carbons (Fsp3) is 0.0833. The van der Waals surface area contributed by atoms with Gasteiger partial charge in [-0.15, -0.1) is 0 Å². The van der Waals surface area contributed by atoms with Crippen LogP contribution < -0.4 is 5.32 Å². The summed E-state index contributed by atoms with van der Waals surface area (Å²) in [7, 11) is 0. The van der Waals surface area contributed by atoms with Crippen LogP contribution in [0.1, 0.15) is 11.3 Å². The zero-order valence-corrected chi connectivity index (χ0v) is 9.86. The molecule has 4 nitrogen and oxygen atoms in total. The molecule has 84 valence electrons. The smallest absolute Gasteiger partial charge is 0.222 e. The number of hydrogen-bond acceptors (Lipinski definition) is 4. The largest absolute Gasteiger partial charge is 0.368 e. The van der Waals surface area contributed by atoms with Gasteiger partial charge in [-0.25, -0.2) is 9.97 Å². The van der Waals surface area contributed by atoms with Gasteiger partial charge in [0.1, 0.15) is 6.07 Å². The fourth-order valence-corrected chi connectivity index (χ4v) is 1.61. The lowest BCUT2D eigenvalue weighted by molar-refractivity contribution is 1.10. The van der Waals surface area contributed by atoms with Crippen LogP contribution in [0.4, 0.5) is 0 Å². The van der Waals surface area contributed by atoms with Gasteiger partial charge in [-0.1, -0.05) is 0 Å². The molecule has 0 atom stereocenters. The Kier molecular flexibility index (Phi) is 3.22. The number of rotatable bonds is 1. The Hall–Kier alpha value is -2.12. The second-order valence-electron chi connectivity index (χ2n) is 3.45. The number of aromatic nitrogens is 2. The zero-order chi connectivity index (χ0) is 12.3. The number of nitriles is 1. The van der Waals surface area contributed by atoms with Crippen molar-refractivity contribution >= 4 is 17.2 Å². The monoisotopic (exact) mass is 244 g/mol. The Morgan fingerprint density at radius 3 is 2.76 bits per heavy atom. The van der Waals surface area contributed by atoms with Crippen LogP contribution in [0.2, 0.25) is 5.28 Å². The maximum absolute atomic E-state index is 9.25. The fourth-order valence-electron chi connectivity index (χ4n) is 1.48. The lowest BCUT2D eigenvalue weighted by atomic mass is 10.0. The molecule has 1 aliphatic heterocycles. The van der Waals surface area contributed by atoms with Crippen molar-refractivity contribution in [3.63, 3.8) is 0 Å². The number of hydrogen-bond donors (Lipinski definition) is 1. The predicted octanol–water partition coefficient (Wildman–Crippen LogP) is 2.35. The molecule has 5 heteroatoms. The minimum atomic E-state index is 0.140. The summed E-state index contributed by atoms with van der Waals surface area (Å²) in [4.78, 5) is 7.98. The van der Waals surface area contributed by atoms with Crippen molar-refractivity contribution in [2.45, 2.75) is 6.92 Å². The van der Waals surface area contributed by atoms with E-state index >= 15 is 0 Å². The molecule has 1 N–H and O–H groups in total. The summed E-state index contributed by atoms with van der Waals surface area (Å²) in [5.74, 6) is 0. The molecule has 2 heterocycles. The van der Waals surface area contributed by atoms with E-state index in [0.29, 0.717) is 11.3 Å². The van der Waals surface area contributed by atoms with Gasteiger partial charge in [0.2, 0.25) is 5.28 Å². The molecule has 0 saturated heterocycles. The highest BCUT2D eigenvalue weighted by molar-refractivity contribution is 6.28. The molecule has 0 spiro atoms. The summed E-state index contributed by atoms with van der Waals surface area (Å²) in [6.45, 7) is 1.85. The van der Waals surface area contributed by atoms with E-state index in [1.165, 1.54) is 0 Å². The molecule has 0 amide bonds. The minimum absolute atomic E-state index is 0.140. The first-order valence-electron chi connectivity index (χ1n) is 4.95. The Labute approximate surface area is 104 Å². The van der Waals surface area contributed by atoms with E-state index < -0.39 is 0 Å². The first kappa shape index (κ1) is 11.4. The van der Waals surface area contributed by atoms with E-state index in [4.69, 9.17) is 11.6 Å². The van der Waals surface area contributed by atoms with Crippen LogP contribution in [0.3, 0.4) is 0 Å². The van der Waals surface area contributed by atoms with Crippen molar-refractivity contribution in [3.05, 3.63) is 52.9 Å². The van der Waals surface area contributed by atoms with E-state index in [2.05, 4.69) is 21.4 Å². The summed E-state index contributed by atoms with van der Waals surface area (Å²) >= 11 is 5.75. The highest BCUT2D eigenvalue weighted by atomic mass is 35.5. The second kappa shape index (κ2) is 4.81. The number of halogens is 1. The van der Waals surface area contributed by atoms with Gasteiger partial charge in [0.15, 0.2) is 0 Å². The minimum Gasteiger partial charge on any atom is -0.368 e. The number of nitrogens with one attached hydrogen (secondary N) is 1. The standard InChI is InChI=1S/C12H9ClN4/c1-8-7-16-12(13)17-11(8)10(6-14)9-2-4-15-5-3-9/h2-5,7,15H,1H3. The van der Waals surface area contributed by atoms with Crippen LogP contribution in [-0.4, -0.2) is 9.97 Å². The first-order valence-corrected chi connectivity index (χ1v) is 5.33. The van der Waals surface area contributed by atoms with Crippen molar-refractivity contribution in [2.75, 3.05) is 0 Å². The first-order chi connectivity index (χ1) is 8.22. The molecule has 1 aromatic rings. The second-order valence-corrected chi connectivity index (χ2v) is 3.78. The summed E-state index contributed by atoms with van der Waals surface area (Å²) in [5.41, 5.74) is 2.67. The highest BCUT2D eigenvalue weighted by Crippen LogP contribution is 2.22. The van der Waals surface area contributed by atoms with Gasteiger partial charge in [0.05, 0.1) is 11.3 Å². The Morgan fingerprint density at radius 2 is 2.12 bits per heavy atom. The molecule has 0 unspecified atom stereocenters. The Morgan fingerprint density at radius 1 is 1.41 bits per heavy atom. The molecule has 0 aromatic carbocycles. The quantitative estimate of drug-likeness (QED) is 0.609. The average Bonchev–Trinajstić information content (AvgIpc) is 2.36. The van der Waals surface area contributed by atoms with E-state index in [0.717, 1.165) is 11.1 Å². The number of nitrogens with zero attached hydrogens (tertiary/aromatic N) is 3. The van der Waals surface area contributed by atoms with Gasteiger partial charge in [0.25, 0.3) is 0 Å². The van der Waals surface area contributed by atoms with Crippen LogP contribution >= 0.6 is 11.6 Å². The summed E-state index contributed by atoms with van der Waals surface area (Å²) in [5, 5.41) is 12.3. The van der Waals surface area contributed by atoms with Crippen LogP contribution in [-0.2, 0) is 0 Å². The van der Waals surface area contributed by atoms with Gasteiger partial charge in [0, 0.05) is 18.6 Å². The van der Waals surface area contributed by atoms with Crippen LogP contribution in [0.15, 0.2) is 36.3 Å². The lowest BCUT2D eigenvalue weighted by Gasteiger charge is -2.07.